The van der Waals surface area contributed by atoms with Gasteiger partial charge in [0, 0.05) is 19.0 Å². The van der Waals surface area contributed by atoms with Crippen LogP contribution in [-0.2, 0) is 9.59 Å². The number of carboxylic acid groups (broad SMARTS) is 1. The Kier molecular flexibility index (Phi) is 6.89. The van der Waals surface area contributed by atoms with Crippen LogP contribution >= 0.6 is 0 Å². The number of hydrogen-bond donors (Lipinski definition) is 1. The first-order valence-corrected chi connectivity index (χ1v) is 7.51. The maximum absolute atomic E-state index is 12.5. The highest BCUT2D eigenvalue weighted by Crippen LogP contribution is 2.25. The fraction of sp³-hybridized carbons (Fsp3) is 0.867. The Morgan fingerprint density at radius 1 is 1.16 bits per heavy atom. The van der Waals surface area contributed by atoms with Gasteiger partial charge in [-0.25, -0.2) is 0 Å². The molecular formula is C15H27NO3. The lowest BCUT2D eigenvalue weighted by molar-refractivity contribution is -0.140. The lowest BCUT2D eigenvalue weighted by Crippen LogP contribution is -2.39. The molecule has 1 N–H and O–H groups in total. The van der Waals surface area contributed by atoms with E-state index in [1.165, 1.54) is 6.42 Å². The predicted octanol–water partition coefficient (Wildman–Crippen LogP) is 2.92. The van der Waals surface area contributed by atoms with Gasteiger partial charge in [0.15, 0.2) is 0 Å². The van der Waals surface area contributed by atoms with Crippen molar-refractivity contribution in [2.45, 2.75) is 58.8 Å². The van der Waals surface area contributed by atoms with Crippen LogP contribution in [0, 0.1) is 11.8 Å². The second-order valence-corrected chi connectivity index (χ2v) is 5.99. The maximum Gasteiger partial charge on any atom is 0.305 e. The second-order valence-electron chi connectivity index (χ2n) is 5.99. The Morgan fingerprint density at radius 2 is 1.79 bits per heavy atom. The number of carboxylic acids is 1. The van der Waals surface area contributed by atoms with Gasteiger partial charge in [0.1, 0.15) is 0 Å². The fourth-order valence-corrected chi connectivity index (χ4v) is 2.58. The van der Waals surface area contributed by atoms with Crippen molar-refractivity contribution in [3.05, 3.63) is 0 Å². The van der Waals surface area contributed by atoms with Crippen LogP contribution in [0.2, 0.25) is 0 Å². The second kappa shape index (κ2) is 8.18. The number of carbonyl (C=O) groups is 2. The molecule has 4 nitrogen and oxygen atoms in total. The first kappa shape index (κ1) is 16.0. The van der Waals surface area contributed by atoms with E-state index in [-0.39, 0.29) is 18.2 Å². The van der Waals surface area contributed by atoms with E-state index in [0.29, 0.717) is 19.0 Å². The molecule has 1 fully saturated rings. The van der Waals surface area contributed by atoms with Gasteiger partial charge in [-0.1, -0.05) is 33.1 Å². The van der Waals surface area contributed by atoms with Gasteiger partial charge in [0.25, 0.3) is 0 Å². The van der Waals surface area contributed by atoms with Crippen molar-refractivity contribution in [3.8, 4) is 0 Å². The Balaban J connectivity index is 2.53. The van der Waals surface area contributed by atoms with Crippen LogP contribution in [0.1, 0.15) is 58.8 Å². The molecule has 1 amide bonds. The molecule has 1 rings (SSSR count). The van der Waals surface area contributed by atoms with E-state index >= 15 is 0 Å². The van der Waals surface area contributed by atoms with Gasteiger partial charge in [-0.3, -0.25) is 9.59 Å². The zero-order chi connectivity index (χ0) is 14.3. The molecule has 0 unspecified atom stereocenters. The first-order valence-electron chi connectivity index (χ1n) is 7.51. The molecule has 0 bridgehead atoms. The monoisotopic (exact) mass is 269 g/mol. The van der Waals surface area contributed by atoms with E-state index < -0.39 is 5.97 Å². The summed E-state index contributed by atoms with van der Waals surface area (Å²) in [7, 11) is 0. The van der Waals surface area contributed by atoms with Crippen molar-refractivity contribution in [2.24, 2.45) is 11.8 Å². The summed E-state index contributed by atoms with van der Waals surface area (Å²) in [5.74, 6) is 0.0220. The van der Waals surface area contributed by atoms with Gasteiger partial charge in [-0.05, 0) is 25.2 Å². The molecule has 0 atom stereocenters. The molecule has 4 heteroatoms. The molecule has 1 saturated carbocycles. The summed E-state index contributed by atoms with van der Waals surface area (Å²) >= 11 is 0. The van der Waals surface area contributed by atoms with E-state index in [4.69, 9.17) is 5.11 Å². The summed E-state index contributed by atoms with van der Waals surface area (Å²) < 4.78 is 0. The molecule has 1 aliphatic carbocycles. The normalized spacial score (nSPS) is 16.6. The number of nitrogens with zero attached hydrogens (tertiary/aromatic N) is 1. The lowest BCUT2D eigenvalue weighted by atomic mass is 9.88. The largest absolute Gasteiger partial charge is 0.481 e. The van der Waals surface area contributed by atoms with E-state index in [9.17, 15) is 9.59 Å². The smallest absolute Gasteiger partial charge is 0.305 e. The van der Waals surface area contributed by atoms with Gasteiger partial charge in [0.05, 0.1) is 6.42 Å². The van der Waals surface area contributed by atoms with Crippen LogP contribution in [0.5, 0.6) is 0 Å². The van der Waals surface area contributed by atoms with E-state index in [1.807, 2.05) is 0 Å². The minimum absolute atomic E-state index is 0.0521. The number of aliphatic carboxylic acids is 1. The van der Waals surface area contributed by atoms with Crippen molar-refractivity contribution >= 4 is 11.9 Å². The molecule has 0 aromatic rings. The average molecular weight is 269 g/mol. The van der Waals surface area contributed by atoms with Crippen LogP contribution in [0.25, 0.3) is 0 Å². The molecule has 1 aliphatic rings. The minimum atomic E-state index is -0.828. The number of carbonyl (C=O) groups excluding carboxylic acids is 1. The van der Waals surface area contributed by atoms with E-state index in [1.54, 1.807) is 4.90 Å². The van der Waals surface area contributed by atoms with E-state index in [2.05, 4.69) is 13.8 Å². The quantitative estimate of drug-likeness (QED) is 0.773. The maximum atomic E-state index is 12.5. The van der Waals surface area contributed by atoms with Gasteiger partial charge in [-0.15, -0.1) is 0 Å². The Labute approximate surface area is 116 Å². The molecule has 0 spiro atoms. The highest BCUT2D eigenvalue weighted by atomic mass is 16.4. The fourth-order valence-electron chi connectivity index (χ4n) is 2.58. The molecule has 0 heterocycles. The first-order chi connectivity index (χ1) is 9.00. The zero-order valence-electron chi connectivity index (χ0n) is 12.2. The van der Waals surface area contributed by atoms with Crippen molar-refractivity contribution in [2.75, 3.05) is 13.1 Å². The van der Waals surface area contributed by atoms with Gasteiger partial charge in [0.2, 0.25) is 5.91 Å². The third-order valence-electron chi connectivity index (χ3n) is 3.84. The average Bonchev–Trinajstić information content (AvgIpc) is 2.38. The Hall–Kier alpha value is -1.06. The third-order valence-corrected chi connectivity index (χ3v) is 3.84. The Morgan fingerprint density at radius 3 is 2.32 bits per heavy atom. The number of amides is 1. The summed E-state index contributed by atoms with van der Waals surface area (Å²) in [5.41, 5.74) is 0. The molecule has 0 radical (unpaired) electrons. The molecule has 19 heavy (non-hydrogen) atoms. The Bertz CT molecular complexity index is 296. The van der Waals surface area contributed by atoms with Crippen LogP contribution < -0.4 is 0 Å². The zero-order valence-corrected chi connectivity index (χ0v) is 12.2. The summed E-state index contributed by atoms with van der Waals surface area (Å²) in [6.07, 6.45) is 6.44. The number of rotatable bonds is 7. The van der Waals surface area contributed by atoms with Gasteiger partial charge >= 0.3 is 5.97 Å². The molecule has 0 saturated heterocycles. The molecule has 0 aromatic carbocycles. The van der Waals surface area contributed by atoms with Gasteiger partial charge < -0.3 is 10.0 Å². The number of hydrogen-bond acceptors (Lipinski definition) is 2. The summed E-state index contributed by atoms with van der Waals surface area (Å²) in [5, 5.41) is 8.79. The van der Waals surface area contributed by atoms with Crippen molar-refractivity contribution in [3.63, 3.8) is 0 Å². The standard InChI is InChI=1S/C15H27NO3/c1-12(2)8-10-16(11-9-14(17)18)15(19)13-6-4-3-5-7-13/h12-13H,3-11H2,1-2H3,(H,17,18). The highest BCUT2D eigenvalue weighted by molar-refractivity contribution is 5.79. The van der Waals surface area contributed by atoms with E-state index in [0.717, 1.165) is 32.1 Å². The van der Waals surface area contributed by atoms with Crippen molar-refractivity contribution in [1.82, 2.24) is 4.90 Å². The highest BCUT2D eigenvalue weighted by Gasteiger charge is 2.26. The van der Waals surface area contributed by atoms with Crippen molar-refractivity contribution < 1.29 is 14.7 Å². The molecular weight excluding hydrogens is 242 g/mol. The lowest BCUT2D eigenvalue weighted by Gasteiger charge is -2.29. The molecule has 0 aromatic heterocycles. The minimum Gasteiger partial charge on any atom is -0.481 e. The third kappa shape index (κ3) is 6.08. The predicted molar refractivity (Wildman–Crippen MR) is 74.9 cm³/mol. The van der Waals surface area contributed by atoms with Crippen LogP contribution in [0.3, 0.4) is 0 Å². The van der Waals surface area contributed by atoms with Crippen LogP contribution in [0.15, 0.2) is 0 Å². The van der Waals surface area contributed by atoms with Gasteiger partial charge in [-0.2, -0.15) is 0 Å². The SMILES string of the molecule is CC(C)CCN(CCC(=O)O)C(=O)C1CCCCC1. The molecule has 0 aliphatic heterocycles. The summed E-state index contributed by atoms with van der Waals surface area (Å²) in [6, 6.07) is 0. The van der Waals surface area contributed by atoms with Crippen LogP contribution in [0.4, 0.5) is 0 Å². The topological polar surface area (TPSA) is 57.6 Å². The molecule has 110 valence electrons. The van der Waals surface area contributed by atoms with Crippen molar-refractivity contribution in [1.29, 1.82) is 0 Å². The summed E-state index contributed by atoms with van der Waals surface area (Å²) in [4.78, 5) is 24.9. The summed E-state index contributed by atoms with van der Waals surface area (Å²) in [6.45, 7) is 5.30. The van der Waals surface area contributed by atoms with Crippen LogP contribution in [-0.4, -0.2) is 35.0 Å².